The van der Waals surface area contributed by atoms with E-state index in [1.54, 1.807) is 0 Å². The van der Waals surface area contributed by atoms with E-state index in [0.29, 0.717) is 0 Å². The van der Waals surface area contributed by atoms with E-state index in [4.69, 9.17) is 0 Å². The molecule has 11 aromatic rings. The third-order valence-corrected chi connectivity index (χ3v) is 11.1. The van der Waals surface area contributed by atoms with E-state index in [9.17, 15) is 0 Å². The molecule has 54 heavy (non-hydrogen) atoms. The number of nitrogens with zero attached hydrogens (tertiary/aromatic N) is 2. The van der Waals surface area contributed by atoms with Gasteiger partial charge in [-0.2, -0.15) is 0 Å². The second-order valence-corrected chi connectivity index (χ2v) is 14.2. The molecule has 11 rings (SSSR count). The zero-order chi connectivity index (χ0) is 35.6. The Bertz CT molecular complexity index is 3200. The highest BCUT2D eigenvalue weighted by Gasteiger charge is 2.18. The third kappa shape index (κ3) is 4.81. The number of benzene rings is 9. The Morgan fingerprint density at radius 1 is 0.241 bits per heavy atom. The van der Waals surface area contributed by atoms with E-state index in [1.165, 1.54) is 93.5 Å². The minimum atomic E-state index is 1.16. The van der Waals surface area contributed by atoms with Crippen molar-refractivity contribution in [3.8, 4) is 44.8 Å². The molecule has 252 valence electrons. The molecule has 0 aliphatic carbocycles. The lowest BCUT2D eigenvalue weighted by Crippen LogP contribution is -1.96. The van der Waals surface area contributed by atoms with E-state index in [-0.39, 0.29) is 0 Å². The molecule has 0 spiro atoms. The lowest BCUT2D eigenvalue weighted by Gasteiger charge is -2.15. The van der Waals surface area contributed by atoms with Gasteiger partial charge in [0.15, 0.2) is 0 Å². The van der Waals surface area contributed by atoms with Gasteiger partial charge in [-0.25, -0.2) is 0 Å². The van der Waals surface area contributed by atoms with Crippen molar-refractivity contribution in [2.75, 3.05) is 0 Å². The fourth-order valence-corrected chi connectivity index (χ4v) is 8.57. The van der Waals surface area contributed by atoms with Crippen LogP contribution >= 0.6 is 0 Å². The first-order chi connectivity index (χ1) is 26.8. The zero-order valence-corrected chi connectivity index (χ0v) is 29.5. The van der Waals surface area contributed by atoms with Gasteiger partial charge in [0.05, 0.1) is 27.8 Å². The second-order valence-electron chi connectivity index (χ2n) is 14.2. The van der Waals surface area contributed by atoms with Gasteiger partial charge in [-0.1, -0.05) is 146 Å². The predicted molar refractivity (Wildman–Crippen MR) is 229 cm³/mol. The van der Waals surface area contributed by atoms with Crippen molar-refractivity contribution < 1.29 is 0 Å². The fraction of sp³-hybridized carbons (Fsp3) is 0. The first-order valence-corrected chi connectivity index (χ1v) is 18.6. The van der Waals surface area contributed by atoms with Crippen molar-refractivity contribution in [1.82, 2.24) is 9.13 Å². The fourth-order valence-electron chi connectivity index (χ4n) is 8.57. The molecule has 9 aromatic carbocycles. The molecule has 2 heteroatoms. The van der Waals surface area contributed by atoms with Crippen LogP contribution in [0.3, 0.4) is 0 Å². The van der Waals surface area contributed by atoms with E-state index in [0.717, 1.165) is 5.69 Å². The van der Waals surface area contributed by atoms with Gasteiger partial charge in [-0.05, 0) is 99.4 Å². The molecular formula is C52H34N2. The van der Waals surface area contributed by atoms with E-state index in [2.05, 4.69) is 215 Å². The molecule has 0 aliphatic rings. The van der Waals surface area contributed by atoms with Gasteiger partial charge in [-0.3, -0.25) is 0 Å². The zero-order valence-electron chi connectivity index (χ0n) is 29.5. The third-order valence-electron chi connectivity index (χ3n) is 11.1. The molecule has 0 bridgehead atoms. The minimum Gasteiger partial charge on any atom is -0.309 e. The van der Waals surface area contributed by atoms with Gasteiger partial charge in [0.1, 0.15) is 0 Å². The van der Waals surface area contributed by atoms with E-state index < -0.39 is 0 Å². The monoisotopic (exact) mass is 686 g/mol. The SMILES string of the molecule is c1ccc(-c2cccc(-n3c4ccccc4c4cc(-c5ccc6c(c5)c5ccccc5n6-c5cc(-c6ccccc6)cc6ccccc56)ccc43)c2)cc1. The first-order valence-electron chi connectivity index (χ1n) is 18.6. The highest BCUT2D eigenvalue weighted by atomic mass is 15.0. The van der Waals surface area contributed by atoms with Gasteiger partial charge >= 0.3 is 0 Å². The average molecular weight is 687 g/mol. The summed E-state index contributed by atoms with van der Waals surface area (Å²) in [6.07, 6.45) is 0. The number of hydrogen-bond acceptors (Lipinski definition) is 0. The summed E-state index contributed by atoms with van der Waals surface area (Å²) in [5.74, 6) is 0. The number of rotatable bonds is 5. The Morgan fingerprint density at radius 3 is 1.39 bits per heavy atom. The van der Waals surface area contributed by atoms with Gasteiger partial charge in [-0.15, -0.1) is 0 Å². The summed E-state index contributed by atoms with van der Waals surface area (Å²) in [5.41, 5.74) is 14.4. The average Bonchev–Trinajstić information content (AvgIpc) is 3.76. The summed E-state index contributed by atoms with van der Waals surface area (Å²) >= 11 is 0. The van der Waals surface area contributed by atoms with Gasteiger partial charge in [0.25, 0.3) is 0 Å². The minimum absolute atomic E-state index is 1.16. The molecule has 0 saturated heterocycles. The van der Waals surface area contributed by atoms with Crippen LogP contribution in [0.2, 0.25) is 0 Å². The van der Waals surface area contributed by atoms with Crippen LogP contribution in [-0.2, 0) is 0 Å². The Hall–Kier alpha value is -7.16. The van der Waals surface area contributed by atoms with Crippen LogP contribution < -0.4 is 0 Å². The van der Waals surface area contributed by atoms with Crippen LogP contribution in [0.1, 0.15) is 0 Å². The maximum Gasteiger partial charge on any atom is 0.0546 e. The number of para-hydroxylation sites is 2. The molecule has 0 saturated carbocycles. The Labute approximate surface area is 313 Å². The van der Waals surface area contributed by atoms with Crippen LogP contribution in [0.5, 0.6) is 0 Å². The summed E-state index contributed by atoms with van der Waals surface area (Å²) in [7, 11) is 0. The van der Waals surface area contributed by atoms with Gasteiger partial charge < -0.3 is 9.13 Å². The van der Waals surface area contributed by atoms with E-state index in [1.807, 2.05) is 0 Å². The van der Waals surface area contributed by atoms with Crippen LogP contribution in [0.4, 0.5) is 0 Å². The lowest BCUT2D eigenvalue weighted by molar-refractivity contribution is 1.18. The largest absolute Gasteiger partial charge is 0.309 e. The van der Waals surface area contributed by atoms with Crippen molar-refractivity contribution in [1.29, 1.82) is 0 Å². The van der Waals surface area contributed by atoms with Crippen LogP contribution in [0.15, 0.2) is 206 Å². The second kappa shape index (κ2) is 12.2. The van der Waals surface area contributed by atoms with E-state index >= 15 is 0 Å². The predicted octanol–water partition coefficient (Wildman–Crippen LogP) is 14.0. The van der Waals surface area contributed by atoms with Crippen molar-refractivity contribution in [3.05, 3.63) is 206 Å². The standard InChI is InChI=1S/C52H34N2/c1-3-14-35(15-4-1)37-19-13-20-42(31-37)53-48-24-11-9-22-44(48)46-32-38(26-28-50(46)53)39-27-29-51-47(33-39)45-23-10-12-25-49(45)54(51)52-34-41(36-16-5-2-6-17-36)30-40-18-7-8-21-43(40)52/h1-34H. The molecule has 0 unspecified atom stereocenters. The molecule has 0 fully saturated rings. The van der Waals surface area contributed by atoms with Gasteiger partial charge in [0, 0.05) is 32.6 Å². The normalized spacial score (nSPS) is 11.7. The number of aromatic nitrogens is 2. The maximum absolute atomic E-state index is 2.46. The summed E-state index contributed by atoms with van der Waals surface area (Å²) < 4.78 is 4.87. The molecular weight excluding hydrogens is 653 g/mol. The molecule has 2 heterocycles. The van der Waals surface area contributed by atoms with Crippen molar-refractivity contribution in [2.45, 2.75) is 0 Å². The first kappa shape index (κ1) is 30.5. The van der Waals surface area contributed by atoms with Crippen LogP contribution in [0, 0.1) is 0 Å². The number of fused-ring (bicyclic) bond motifs is 7. The molecule has 2 nitrogen and oxygen atoms in total. The Kier molecular flexibility index (Phi) is 6.90. The molecule has 0 N–H and O–H groups in total. The quantitative estimate of drug-likeness (QED) is 0.171. The highest BCUT2D eigenvalue weighted by Crippen LogP contribution is 2.40. The topological polar surface area (TPSA) is 9.86 Å². The van der Waals surface area contributed by atoms with Crippen molar-refractivity contribution in [3.63, 3.8) is 0 Å². The highest BCUT2D eigenvalue weighted by molar-refractivity contribution is 6.13. The van der Waals surface area contributed by atoms with Crippen molar-refractivity contribution in [2.24, 2.45) is 0 Å². The maximum atomic E-state index is 2.46. The van der Waals surface area contributed by atoms with Gasteiger partial charge in [0.2, 0.25) is 0 Å². The number of hydrogen-bond donors (Lipinski definition) is 0. The smallest absolute Gasteiger partial charge is 0.0546 e. The Balaban J connectivity index is 1.09. The molecule has 0 amide bonds. The summed E-state index contributed by atoms with van der Waals surface area (Å²) in [5, 5.41) is 7.47. The summed E-state index contributed by atoms with van der Waals surface area (Å²) in [6, 6.07) is 75.2. The van der Waals surface area contributed by atoms with Crippen molar-refractivity contribution >= 4 is 54.4 Å². The summed E-state index contributed by atoms with van der Waals surface area (Å²) in [4.78, 5) is 0. The Morgan fingerprint density at radius 2 is 0.722 bits per heavy atom. The molecule has 0 aliphatic heterocycles. The molecule has 0 radical (unpaired) electrons. The summed E-state index contributed by atoms with van der Waals surface area (Å²) in [6.45, 7) is 0. The molecule has 0 atom stereocenters. The molecule has 2 aromatic heterocycles. The van der Waals surface area contributed by atoms with Crippen LogP contribution in [0.25, 0.3) is 99.1 Å². The van der Waals surface area contributed by atoms with Crippen LogP contribution in [-0.4, -0.2) is 9.13 Å². The lowest BCUT2D eigenvalue weighted by atomic mass is 9.99.